The van der Waals surface area contributed by atoms with Crippen molar-refractivity contribution in [2.24, 2.45) is 0 Å². The van der Waals surface area contributed by atoms with Gasteiger partial charge in [0.25, 0.3) is 0 Å². The number of phenolic OH excluding ortho intramolecular Hbond substituents is 2. The molecule has 0 radical (unpaired) electrons. The van der Waals surface area contributed by atoms with Crippen LogP contribution in [0, 0.1) is 11.3 Å². The van der Waals surface area contributed by atoms with Crippen molar-refractivity contribution in [3.63, 3.8) is 0 Å². The van der Waals surface area contributed by atoms with Crippen LogP contribution in [0.15, 0.2) is 42.5 Å². The molecule has 5 nitrogen and oxygen atoms in total. The van der Waals surface area contributed by atoms with Crippen molar-refractivity contribution in [3.05, 3.63) is 59.2 Å². The predicted octanol–water partition coefficient (Wildman–Crippen LogP) is 3.18. The summed E-state index contributed by atoms with van der Waals surface area (Å²) < 4.78 is 0. The monoisotopic (exact) mass is 315 g/mol. The van der Waals surface area contributed by atoms with Crippen molar-refractivity contribution in [3.8, 4) is 40.0 Å². The summed E-state index contributed by atoms with van der Waals surface area (Å²) in [6.07, 6.45) is 0.567. The number of rotatable bonds is 1. The van der Waals surface area contributed by atoms with Gasteiger partial charge in [-0.15, -0.1) is 0 Å². The van der Waals surface area contributed by atoms with E-state index in [2.05, 4.69) is 11.1 Å². The average Bonchev–Trinajstić information content (AvgIpc) is 2.91. The number of pyridine rings is 1. The quantitative estimate of drug-likeness (QED) is 0.500. The molecule has 0 atom stereocenters. The topological polar surface area (TPSA) is 103 Å². The van der Waals surface area contributed by atoms with Gasteiger partial charge < -0.3 is 15.9 Å². The summed E-state index contributed by atoms with van der Waals surface area (Å²) in [4.78, 5) is 4.42. The molecule has 1 aromatic heterocycles. The number of nitriles is 1. The SMILES string of the molecule is N#Cc1c(N)nc2c(c1-c1ccc(O)cc1)Cc1cc(O)ccc1-2. The van der Waals surface area contributed by atoms with Crippen molar-refractivity contribution in [1.82, 2.24) is 4.98 Å². The molecule has 1 heterocycles. The van der Waals surface area contributed by atoms with Crippen molar-refractivity contribution >= 4 is 5.82 Å². The Bertz CT molecular complexity index is 1020. The summed E-state index contributed by atoms with van der Waals surface area (Å²) in [5.74, 6) is 0.533. The molecule has 3 aromatic rings. The fourth-order valence-corrected chi connectivity index (χ4v) is 3.24. The van der Waals surface area contributed by atoms with Crippen LogP contribution in [0.4, 0.5) is 5.82 Å². The van der Waals surface area contributed by atoms with Gasteiger partial charge in [0, 0.05) is 17.5 Å². The summed E-state index contributed by atoms with van der Waals surface area (Å²) in [5, 5.41) is 28.8. The number of nitrogen functional groups attached to an aromatic ring is 1. The predicted molar refractivity (Wildman–Crippen MR) is 90.4 cm³/mol. The Labute approximate surface area is 138 Å². The van der Waals surface area contributed by atoms with Crippen molar-refractivity contribution in [1.29, 1.82) is 5.26 Å². The van der Waals surface area contributed by atoms with Crippen LogP contribution in [-0.4, -0.2) is 15.2 Å². The van der Waals surface area contributed by atoms with E-state index in [9.17, 15) is 15.5 Å². The van der Waals surface area contributed by atoms with E-state index in [1.807, 2.05) is 6.07 Å². The third-order valence-corrected chi connectivity index (χ3v) is 4.30. The van der Waals surface area contributed by atoms with Crippen molar-refractivity contribution in [2.45, 2.75) is 6.42 Å². The fraction of sp³-hybridized carbons (Fsp3) is 0.0526. The van der Waals surface area contributed by atoms with Gasteiger partial charge in [0.15, 0.2) is 0 Å². The zero-order valence-corrected chi connectivity index (χ0v) is 12.6. The second kappa shape index (κ2) is 5.00. The van der Waals surface area contributed by atoms with E-state index in [1.54, 1.807) is 36.4 Å². The molecule has 0 fully saturated rings. The second-order valence-corrected chi connectivity index (χ2v) is 5.75. The van der Waals surface area contributed by atoms with Gasteiger partial charge in [-0.3, -0.25) is 0 Å². The van der Waals surface area contributed by atoms with E-state index in [4.69, 9.17) is 5.73 Å². The van der Waals surface area contributed by atoms with Crippen LogP contribution in [-0.2, 0) is 6.42 Å². The van der Waals surface area contributed by atoms with E-state index >= 15 is 0 Å². The molecule has 116 valence electrons. The highest BCUT2D eigenvalue weighted by atomic mass is 16.3. The lowest BCUT2D eigenvalue weighted by atomic mass is 9.94. The molecule has 4 N–H and O–H groups in total. The lowest BCUT2D eigenvalue weighted by molar-refractivity contribution is 0.474. The second-order valence-electron chi connectivity index (χ2n) is 5.75. The maximum atomic E-state index is 9.72. The third-order valence-electron chi connectivity index (χ3n) is 4.30. The minimum atomic E-state index is 0.157. The minimum absolute atomic E-state index is 0.157. The highest BCUT2D eigenvalue weighted by Gasteiger charge is 2.27. The molecular formula is C19H13N3O2. The lowest BCUT2D eigenvalue weighted by Gasteiger charge is -2.13. The van der Waals surface area contributed by atoms with Crippen molar-refractivity contribution in [2.75, 3.05) is 5.73 Å². The van der Waals surface area contributed by atoms with Crippen LogP contribution >= 0.6 is 0 Å². The Morgan fingerprint density at radius 1 is 1.04 bits per heavy atom. The molecule has 1 aliphatic carbocycles. The zero-order chi connectivity index (χ0) is 16.8. The molecule has 2 aromatic carbocycles. The summed E-state index contributed by atoms with van der Waals surface area (Å²) in [5.41, 5.74) is 11.4. The van der Waals surface area contributed by atoms with E-state index in [0.29, 0.717) is 12.0 Å². The van der Waals surface area contributed by atoms with E-state index in [-0.39, 0.29) is 17.3 Å². The standard InChI is InChI=1S/C19H13N3O2/c20-9-16-17(10-1-3-12(23)4-2-10)15-8-11-7-13(24)5-6-14(11)18(15)22-19(16)21/h1-7,23-24H,8H2,(H2,21,22). The molecule has 4 rings (SSSR count). The van der Waals surface area contributed by atoms with Gasteiger partial charge in [0.2, 0.25) is 0 Å². The molecule has 0 bridgehead atoms. The first-order valence-corrected chi connectivity index (χ1v) is 7.42. The molecule has 0 unspecified atom stereocenters. The summed E-state index contributed by atoms with van der Waals surface area (Å²) in [7, 11) is 0. The van der Waals surface area contributed by atoms with Gasteiger partial charge in [-0.2, -0.15) is 5.26 Å². The van der Waals surface area contributed by atoms with Crippen molar-refractivity contribution < 1.29 is 10.2 Å². The average molecular weight is 315 g/mol. The van der Waals surface area contributed by atoms with E-state index in [1.165, 1.54) is 0 Å². The van der Waals surface area contributed by atoms with Gasteiger partial charge in [0.05, 0.1) is 5.69 Å². The molecular weight excluding hydrogens is 302 g/mol. The molecule has 0 amide bonds. The van der Waals surface area contributed by atoms with E-state index < -0.39 is 0 Å². The first kappa shape index (κ1) is 14.1. The van der Waals surface area contributed by atoms with Crippen LogP contribution in [0.1, 0.15) is 16.7 Å². The van der Waals surface area contributed by atoms with Crippen LogP contribution in [0.5, 0.6) is 11.5 Å². The van der Waals surface area contributed by atoms with E-state index in [0.717, 1.165) is 33.5 Å². The Balaban J connectivity index is 2.03. The number of benzene rings is 2. The highest BCUT2D eigenvalue weighted by Crippen LogP contribution is 2.44. The fourth-order valence-electron chi connectivity index (χ4n) is 3.24. The van der Waals surface area contributed by atoms with Gasteiger partial charge >= 0.3 is 0 Å². The van der Waals surface area contributed by atoms with Gasteiger partial charge in [-0.25, -0.2) is 4.98 Å². The number of hydrogen-bond acceptors (Lipinski definition) is 5. The minimum Gasteiger partial charge on any atom is -0.508 e. The Kier molecular flexibility index (Phi) is 2.94. The molecule has 24 heavy (non-hydrogen) atoms. The first-order valence-electron chi connectivity index (χ1n) is 7.42. The lowest BCUT2D eigenvalue weighted by Crippen LogP contribution is -2.02. The number of fused-ring (bicyclic) bond motifs is 3. The number of anilines is 1. The summed E-state index contributed by atoms with van der Waals surface area (Å²) >= 11 is 0. The van der Waals surface area contributed by atoms with Gasteiger partial charge in [0.1, 0.15) is 28.9 Å². The van der Waals surface area contributed by atoms with Crippen LogP contribution in [0.2, 0.25) is 0 Å². The number of hydrogen-bond donors (Lipinski definition) is 3. The molecule has 1 aliphatic rings. The van der Waals surface area contributed by atoms with Crippen LogP contribution in [0.25, 0.3) is 22.4 Å². The number of aromatic hydroxyl groups is 2. The molecule has 0 saturated carbocycles. The number of aromatic nitrogens is 1. The molecule has 0 saturated heterocycles. The van der Waals surface area contributed by atoms with Crippen LogP contribution < -0.4 is 5.73 Å². The largest absolute Gasteiger partial charge is 0.508 e. The number of nitrogens with zero attached hydrogens (tertiary/aromatic N) is 2. The molecule has 0 aliphatic heterocycles. The zero-order valence-electron chi connectivity index (χ0n) is 12.6. The van der Waals surface area contributed by atoms with Gasteiger partial charge in [-0.1, -0.05) is 12.1 Å². The highest BCUT2D eigenvalue weighted by molar-refractivity contribution is 5.88. The Morgan fingerprint density at radius 3 is 2.46 bits per heavy atom. The Hall–Kier alpha value is -3.52. The Morgan fingerprint density at radius 2 is 1.75 bits per heavy atom. The first-order chi connectivity index (χ1) is 11.6. The normalized spacial score (nSPS) is 11.6. The maximum Gasteiger partial charge on any atom is 0.142 e. The maximum absolute atomic E-state index is 9.72. The molecule has 0 spiro atoms. The summed E-state index contributed by atoms with van der Waals surface area (Å²) in [6.45, 7) is 0. The third kappa shape index (κ3) is 1.97. The van der Waals surface area contributed by atoms with Gasteiger partial charge in [-0.05, 0) is 47.0 Å². The summed E-state index contributed by atoms with van der Waals surface area (Å²) in [6, 6.07) is 13.9. The number of phenols is 2. The number of nitrogens with two attached hydrogens (primary N) is 1. The molecule has 5 heteroatoms. The van der Waals surface area contributed by atoms with Crippen LogP contribution in [0.3, 0.4) is 0 Å². The smallest absolute Gasteiger partial charge is 0.142 e.